The number of carboxylic acids is 1. The van der Waals surface area contributed by atoms with Crippen LogP contribution in [-0.2, 0) is 6.61 Å². The third kappa shape index (κ3) is 1.58. The highest BCUT2D eigenvalue weighted by atomic mass is 16.4. The standard InChI is InChI=1S/C10H9NO3/c1-6-7(5-12)2-3-8(10(13)14)9(6)4-11/h2-3,12H,5H2,1H3,(H,13,14). The summed E-state index contributed by atoms with van der Waals surface area (Å²) in [6, 6.07) is 4.67. The summed E-state index contributed by atoms with van der Waals surface area (Å²) >= 11 is 0. The molecule has 0 aliphatic rings. The van der Waals surface area contributed by atoms with Crippen LogP contribution in [0, 0.1) is 18.3 Å². The molecule has 0 fully saturated rings. The SMILES string of the molecule is Cc1c(CO)ccc(C(=O)O)c1C#N. The smallest absolute Gasteiger partial charge is 0.337 e. The molecular formula is C10H9NO3. The molecule has 1 aromatic rings. The first kappa shape index (κ1) is 10.2. The predicted octanol–water partition coefficient (Wildman–Crippen LogP) is 1.06. The molecule has 0 aliphatic heterocycles. The summed E-state index contributed by atoms with van der Waals surface area (Å²) in [6.45, 7) is 1.43. The minimum absolute atomic E-state index is 0.0257. The summed E-state index contributed by atoms with van der Waals surface area (Å²) in [5.74, 6) is -1.13. The van der Waals surface area contributed by atoms with Gasteiger partial charge in [0.1, 0.15) is 6.07 Å². The number of nitriles is 1. The van der Waals surface area contributed by atoms with Gasteiger partial charge in [-0.1, -0.05) is 6.07 Å². The van der Waals surface area contributed by atoms with Crippen molar-refractivity contribution in [3.63, 3.8) is 0 Å². The highest BCUT2D eigenvalue weighted by molar-refractivity contribution is 5.91. The Balaban J connectivity index is 3.45. The van der Waals surface area contributed by atoms with Crippen LogP contribution in [0.3, 0.4) is 0 Å². The van der Waals surface area contributed by atoms with Crippen LogP contribution in [0.5, 0.6) is 0 Å². The minimum Gasteiger partial charge on any atom is -0.478 e. The van der Waals surface area contributed by atoms with Crippen LogP contribution in [0.4, 0.5) is 0 Å². The topological polar surface area (TPSA) is 81.3 Å². The van der Waals surface area contributed by atoms with Gasteiger partial charge < -0.3 is 10.2 Å². The van der Waals surface area contributed by atoms with E-state index in [1.165, 1.54) is 12.1 Å². The Morgan fingerprint density at radius 1 is 1.57 bits per heavy atom. The van der Waals surface area contributed by atoms with Crippen LogP contribution in [0.25, 0.3) is 0 Å². The first-order chi connectivity index (χ1) is 6.61. The van der Waals surface area contributed by atoms with Gasteiger partial charge in [0.25, 0.3) is 0 Å². The molecule has 0 spiro atoms. The zero-order valence-electron chi connectivity index (χ0n) is 7.61. The van der Waals surface area contributed by atoms with Crippen molar-refractivity contribution >= 4 is 5.97 Å². The van der Waals surface area contributed by atoms with Gasteiger partial charge >= 0.3 is 5.97 Å². The highest BCUT2D eigenvalue weighted by Gasteiger charge is 2.13. The molecule has 1 rings (SSSR count). The lowest BCUT2D eigenvalue weighted by Gasteiger charge is -2.06. The molecule has 0 saturated carbocycles. The van der Waals surface area contributed by atoms with Crippen molar-refractivity contribution in [1.82, 2.24) is 0 Å². The lowest BCUT2D eigenvalue weighted by atomic mass is 9.98. The number of hydrogen-bond donors (Lipinski definition) is 2. The summed E-state index contributed by atoms with van der Waals surface area (Å²) in [7, 11) is 0. The molecule has 4 heteroatoms. The van der Waals surface area contributed by atoms with Gasteiger partial charge in [-0.15, -0.1) is 0 Å². The van der Waals surface area contributed by atoms with Crippen LogP contribution in [0.2, 0.25) is 0 Å². The van der Waals surface area contributed by atoms with Gasteiger partial charge in [-0.2, -0.15) is 5.26 Å². The average Bonchev–Trinajstić information content (AvgIpc) is 2.17. The number of aliphatic hydroxyl groups excluding tert-OH is 1. The fourth-order valence-corrected chi connectivity index (χ4v) is 1.25. The Labute approximate surface area is 81.0 Å². The maximum Gasteiger partial charge on any atom is 0.337 e. The summed E-state index contributed by atoms with van der Waals surface area (Å²) in [5, 5.41) is 26.5. The number of carboxylic acid groups (broad SMARTS) is 1. The van der Waals surface area contributed by atoms with Crippen molar-refractivity contribution < 1.29 is 15.0 Å². The van der Waals surface area contributed by atoms with Crippen LogP contribution in [-0.4, -0.2) is 16.2 Å². The molecule has 4 nitrogen and oxygen atoms in total. The van der Waals surface area contributed by atoms with E-state index < -0.39 is 5.97 Å². The Kier molecular flexibility index (Phi) is 2.85. The molecule has 14 heavy (non-hydrogen) atoms. The molecule has 0 heterocycles. The van der Waals surface area contributed by atoms with Gasteiger partial charge in [0, 0.05) is 0 Å². The third-order valence-electron chi connectivity index (χ3n) is 2.09. The second-order valence-electron chi connectivity index (χ2n) is 2.85. The van der Waals surface area contributed by atoms with E-state index in [9.17, 15) is 4.79 Å². The number of hydrogen-bond acceptors (Lipinski definition) is 3. The van der Waals surface area contributed by atoms with Gasteiger partial charge in [-0.25, -0.2) is 4.79 Å². The van der Waals surface area contributed by atoms with Gasteiger partial charge in [0.05, 0.1) is 17.7 Å². The van der Waals surface area contributed by atoms with Crippen molar-refractivity contribution in [2.75, 3.05) is 0 Å². The molecule has 0 aliphatic carbocycles. The lowest BCUT2D eigenvalue weighted by Crippen LogP contribution is -2.04. The van der Waals surface area contributed by atoms with E-state index >= 15 is 0 Å². The predicted molar refractivity (Wildman–Crippen MR) is 48.8 cm³/mol. The zero-order valence-corrected chi connectivity index (χ0v) is 7.61. The molecule has 0 saturated heterocycles. The van der Waals surface area contributed by atoms with E-state index in [1.54, 1.807) is 6.92 Å². The van der Waals surface area contributed by atoms with E-state index in [2.05, 4.69) is 0 Å². The van der Waals surface area contributed by atoms with Crippen LogP contribution in [0.1, 0.15) is 27.0 Å². The van der Waals surface area contributed by atoms with Gasteiger partial charge in [-0.05, 0) is 24.1 Å². The Bertz CT molecular complexity index is 418. The molecule has 0 radical (unpaired) electrons. The molecule has 0 bridgehead atoms. The molecule has 2 N–H and O–H groups in total. The second kappa shape index (κ2) is 3.90. The number of aromatic carboxylic acids is 1. The fraction of sp³-hybridized carbons (Fsp3) is 0.200. The van der Waals surface area contributed by atoms with E-state index in [4.69, 9.17) is 15.5 Å². The minimum atomic E-state index is -1.13. The average molecular weight is 191 g/mol. The van der Waals surface area contributed by atoms with Crippen molar-refractivity contribution in [2.45, 2.75) is 13.5 Å². The second-order valence-corrected chi connectivity index (χ2v) is 2.85. The summed E-state index contributed by atoms with van der Waals surface area (Å²) in [5.41, 5.74) is 1.19. The number of aliphatic hydroxyl groups is 1. The molecule has 72 valence electrons. The molecule has 0 atom stereocenters. The maximum absolute atomic E-state index is 10.7. The molecule has 0 unspecified atom stereocenters. The van der Waals surface area contributed by atoms with Crippen LogP contribution < -0.4 is 0 Å². The lowest BCUT2D eigenvalue weighted by molar-refractivity contribution is 0.0696. The fourth-order valence-electron chi connectivity index (χ4n) is 1.25. The Morgan fingerprint density at radius 2 is 2.21 bits per heavy atom. The van der Waals surface area contributed by atoms with Crippen molar-refractivity contribution in [2.24, 2.45) is 0 Å². The zero-order chi connectivity index (χ0) is 10.7. The van der Waals surface area contributed by atoms with Crippen molar-refractivity contribution in [3.05, 3.63) is 34.4 Å². The van der Waals surface area contributed by atoms with Crippen LogP contribution in [0.15, 0.2) is 12.1 Å². The number of nitrogens with zero attached hydrogens (tertiary/aromatic N) is 1. The van der Waals surface area contributed by atoms with Crippen molar-refractivity contribution in [1.29, 1.82) is 5.26 Å². The first-order valence-electron chi connectivity index (χ1n) is 3.98. The number of benzene rings is 1. The number of rotatable bonds is 2. The van der Waals surface area contributed by atoms with Gasteiger partial charge in [0.15, 0.2) is 0 Å². The Hall–Kier alpha value is -1.86. The monoisotopic (exact) mass is 191 g/mol. The summed E-state index contributed by atoms with van der Waals surface area (Å²) in [4.78, 5) is 10.7. The van der Waals surface area contributed by atoms with Crippen LogP contribution >= 0.6 is 0 Å². The maximum atomic E-state index is 10.7. The van der Waals surface area contributed by atoms with Gasteiger partial charge in [-0.3, -0.25) is 0 Å². The number of carbonyl (C=O) groups is 1. The summed E-state index contributed by atoms with van der Waals surface area (Å²) < 4.78 is 0. The largest absolute Gasteiger partial charge is 0.478 e. The highest BCUT2D eigenvalue weighted by Crippen LogP contribution is 2.17. The Morgan fingerprint density at radius 3 is 2.64 bits per heavy atom. The molecular weight excluding hydrogens is 182 g/mol. The van der Waals surface area contributed by atoms with E-state index in [-0.39, 0.29) is 17.7 Å². The molecule has 0 amide bonds. The van der Waals surface area contributed by atoms with Crippen molar-refractivity contribution in [3.8, 4) is 6.07 Å². The molecule has 0 aromatic heterocycles. The van der Waals surface area contributed by atoms with Gasteiger partial charge in [0.2, 0.25) is 0 Å². The van der Waals surface area contributed by atoms with E-state index in [0.717, 1.165) is 0 Å². The first-order valence-corrected chi connectivity index (χ1v) is 3.98. The molecule has 1 aromatic carbocycles. The quantitative estimate of drug-likeness (QED) is 0.732. The summed E-state index contributed by atoms with van der Waals surface area (Å²) in [6.07, 6.45) is 0. The van der Waals surface area contributed by atoms with E-state index in [1.807, 2.05) is 6.07 Å². The third-order valence-corrected chi connectivity index (χ3v) is 2.09. The normalized spacial score (nSPS) is 9.50. The van der Waals surface area contributed by atoms with E-state index in [0.29, 0.717) is 11.1 Å².